The molecular weight excluding hydrogens is 306 g/mol. The molecule has 1 atom stereocenters. The fraction of sp³-hybridized carbons (Fsp3) is 0.400. The minimum Gasteiger partial charge on any atom is -0.342 e. The van der Waals surface area contributed by atoms with Crippen molar-refractivity contribution >= 4 is 29.3 Å². The topological polar surface area (TPSA) is 78.5 Å². The van der Waals surface area contributed by atoms with Gasteiger partial charge in [-0.3, -0.25) is 25.2 Å². The summed E-state index contributed by atoms with van der Waals surface area (Å²) >= 11 is 5.81. The molecule has 0 aromatic heterocycles. The van der Waals surface area contributed by atoms with Gasteiger partial charge in [-0.2, -0.15) is 0 Å². The van der Waals surface area contributed by atoms with Crippen molar-refractivity contribution in [2.45, 2.75) is 19.8 Å². The number of carbonyl (C=O) groups is 3. The van der Waals surface area contributed by atoms with Crippen molar-refractivity contribution in [2.24, 2.45) is 5.92 Å². The second kappa shape index (κ2) is 7.26. The van der Waals surface area contributed by atoms with E-state index in [1.54, 1.807) is 23.1 Å². The van der Waals surface area contributed by atoms with Gasteiger partial charge in [0.15, 0.2) is 0 Å². The fourth-order valence-electron chi connectivity index (χ4n) is 2.40. The second-order valence-electron chi connectivity index (χ2n) is 5.26. The molecule has 0 saturated carbocycles. The molecule has 0 unspecified atom stereocenters. The van der Waals surface area contributed by atoms with Gasteiger partial charge < -0.3 is 4.90 Å². The van der Waals surface area contributed by atoms with E-state index in [0.717, 1.165) is 6.42 Å². The molecule has 1 aromatic rings. The van der Waals surface area contributed by atoms with E-state index in [0.29, 0.717) is 30.1 Å². The summed E-state index contributed by atoms with van der Waals surface area (Å²) in [7, 11) is 0. The molecule has 1 aliphatic heterocycles. The van der Waals surface area contributed by atoms with Crippen molar-refractivity contribution in [3.8, 4) is 0 Å². The van der Waals surface area contributed by atoms with E-state index in [-0.39, 0.29) is 17.7 Å². The zero-order chi connectivity index (χ0) is 16.1. The highest BCUT2D eigenvalue weighted by Crippen LogP contribution is 2.16. The number of rotatable bonds is 2. The van der Waals surface area contributed by atoms with Crippen LogP contribution in [0.3, 0.4) is 0 Å². The van der Waals surface area contributed by atoms with Crippen LogP contribution in [0.5, 0.6) is 0 Å². The number of carbonyl (C=O) groups excluding carboxylic acids is 3. The van der Waals surface area contributed by atoms with E-state index in [9.17, 15) is 14.4 Å². The van der Waals surface area contributed by atoms with Crippen LogP contribution < -0.4 is 10.9 Å². The van der Waals surface area contributed by atoms with E-state index in [4.69, 9.17) is 11.6 Å². The van der Waals surface area contributed by atoms with Crippen LogP contribution in [-0.2, 0) is 9.59 Å². The third-order valence-corrected chi connectivity index (χ3v) is 3.86. The van der Waals surface area contributed by atoms with Crippen molar-refractivity contribution in [3.63, 3.8) is 0 Å². The molecule has 1 aliphatic rings. The third-order valence-electron chi connectivity index (χ3n) is 3.62. The molecule has 1 aromatic carbocycles. The average Bonchev–Trinajstić information content (AvgIpc) is 2.52. The average molecular weight is 324 g/mol. The number of hydrazine groups is 1. The van der Waals surface area contributed by atoms with E-state index in [2.05, 4.69) is 10.9 Å². The van der Waals surface area contributed by atoms with E-state index < -0.39 is 5.91 Å². The number of amides is 3. The number of hydrogen-bond acceptors (Lipinski definition) is 3. The monoisotopic (exact) mass is 323 g/mol. The van der Waals surface area contributed by atoms with E-state index in [1.807, 2.05) is 0 Å². The first-order valence-electron chi connectivity index (χ1n) is 7.08. The van der Waals surface area contributed by atoms with Gasteiger partial charge in [0.05, 0.1) is 5.92 Å². The predicted molar refractivity (Wildman–Crippen MR) is 82.0 cm³/mol. The largest absolute Gasteiger partial charge is 0.342 e. The van der Waals surface area contributed by atoms with Crippen LogP contribution in [0.4, 0.5) is 0 Å². The first kappa shape index (κ1) is 16.3. The van der Waals surface area contributed by atoms with E-state index in [1.165, 1.54) is 13.0 Å². The number of benzene rings is 1. The van der Waals surface area contributed by atoms with Crippen molar-refractivity contribution in [1.29, 1.82) is 0 Å². The van der Waals surface area contributed by atoms with E-state index >= 15 is 0 Å². The summed E-state index contributed by atoms with van der Waals surface area (Å²) in [5.41, 5.74) is 5.14. The maximum atomic E-state index is 12.1. The Labute approximate surface area is 133 Å². The minimum absolute atomic E-state index is 0.0412. The summed E-state index contributed by atoms with van der Waals surface area (Å²) in [5.74, 6) is -1.07. The SMILES string of the molecule is CC(=O)N1CCC[C@H](C(=O)NNC(=O)c2cccc(Cl)c2)C1. The zero-order valence-corrected chi connectivity index (χ0v) is 13.0. The van der Waals surface area contributed by atoms with Crippen molar-refractivity contribution in [2.75, 3.05) is 13.1 Å². The van der Waals surface area contributed by atoms with Crippen molar-refractivity contribution in [3.05, 3.63) is 34.9 Å². The number of nitrogens with zero attached hydrogens (tertiary/aromatic N) is 1. The Balaban J connectivity index is 1.87. The van der Waals surface area contributed by atoms with Crippen LogP contribution in [0.2, 0.25) is 5.02 Å². The van der Waals surface area contributed by atoms with Gasteiger partial charge >= 0.3 is 0 Å². The Hall–Kier alpha value is -2.08. The Kier molecular flexibility index (Phi) is 5.38. The molecule has 1 heterocycles. The standard InChI is InChI=1S/C15H18ClN3O3/c1-10(20)19-7-3-5-12(9-19)15(22)18-17-14(21)11-4-2-6-13(16)8-11/h2,4,6,8,12H,3,5,7,9H2,1H3,(H,17,21)(H,18,22)/t12-/m0/s1. The highest BCUT2D eigenvalue weighted by Gasteiger charge is 2.27. The maximum Gasteiger partial charge on any atom is 0.269 e. The van der Waals surface area contributed by atoms with Crippen LogP contribution in [-0.4, -0.2) is 35.7 Å². The van der Waals surface area contributed by atoms with Gasteiger partial charge in [-0.15, -0.1) is 0 Å². The minimum atomic E-state index is -0.435. The maximum absolute atomic E-state index is 12.1. The molecule has 22 heavy (non-hydrogen) atoms. The molecule has 1 saturated heterocycles. The highest BCUT2D eigenvalue weighted by atomic mass is 35.5. The van der Waals surface area contributed by atoms with Gasteiger partial charge in [-0.05, 0) is 31.0 Å². The van der Waals surface area contributed by atoms with Crippen molar-refractivity contribution < 1.29 is 14.4 Å². The van der Waals surface area contributed by atoms with Crippen LogP contribution in [0.1, 0.15) is 30.1 Å². The van der Waals surface area contributed by atoms with Gasteiger partial charge in [0.25, 0.3) is 5.91 Å². The Bertz CT molecular complexity index is 591. The molecule has 0 bridgehead atoms. The molecule has 118 valence electrons. The zero-order valence-electron chi connectivity index (χ0n) is 12.3. The Morgan fingerprint density at radius 3 is 2.73 bits per heavy atom. The van der Waals surface area contributed by atoms with Gasteiger partial charge in [0.2, 0.25) is 11.8 Å². The van der Waals surface area contributed by atoms with Crippen molar-refractivity contribution in [1.82, 2.24) is 15.8 Å². The molecule has 2 rings (SSSR count). The molecule has 2 N–H and O–H groups in total. The molecule has 3 amide bonds. The number of likely N-dealkylation sites (tertiary alicyclic amines) is 1. The molecule has 1 fully saturated rings. The second-order valence-corrected chi connectivity index (χ2v) is 5.69. The quantitative estimate of drug-likeness (QED) is 0.807. The molecular formula is C15H18ClN3O3. The lowest BCUT2D eigenvalue weighted by Crippen LogP contribution is -2.49. The molecule has 6 nitrogen and oxygen atoms in total. The molecule has 0 aliphatic carbocycles. The van der Waals surface area contributed by atoms with Crippen LogP contribution in [0, 0.1) is 5.92 Å². The summed E-state index contributed by atoms with van der Waals surface area (Å²) < 4.78 is 0. The predicted octanol–water partition coefficient (Wildman–Crippen LogP) is 1.36. The first-order chi connectivity index (χ1) is 10.5. The first-order valence-corrected chi connectivity index (χ1v) is 7.46. The molecule has 7 heteroatoms. The number of nitrogens with one attached hydrogen (secondary N) is 2. The van der Waals surface area contributed by atoms with Crippen LogP contribution in [0.25, 0.3) is 0 Å². The lowest BCUT2D eigenvalue weighted by Gasteiger charge is -2.31. The summed E-state index contributed by atoms with van der Waals surface area (Å²) in [6, 6.07) is 6.44. The normalized spacial score (nSPS) is 17.7. The Morgan fingerprint density at radius 1 is 1.27 bits per heavy atom. The highest BCUT2D eigenvalue weighted by molar-refractivity contribution is 6.30. The van der Waals surface area contributed by atoms with Crippen LogP contribution >= 0.6 is 11.6 Å². The molecule has 0 spiro atoms. The smallest absolute Gasteiger partial charge is 0.269 e. The fourth-order valence-corrected chi connectivity index (χ4v) is 2.59. The number of halogens is 1. The van der Waals surface area contributed by atoms with Gasteiger partial charge in [-0.1, -0.05) is 17.7 Å². The summed E-state index contributed by atoms with van der Waals surface area (Å²) in [6.07, 6.45) is 1.47. The summed E-state index contributed by atoms with van der Waals surface area (Å²) in [5, 5.41) is 0.448. The van der Waals surface area contributed by atoms with Gasteiger partial charge in [0, 0.05) is 30.6 Å². The summed E-state index contributed by atoms with van der Waals surface area (Å²) in [6.45, 7) is 2.55. The third kappa shape index (κ3) is 4.21. The van der Waals surface area contributed by atoms with Gasteiger partial charge in [0.1, 0.15) is 0 Å². The Morgan fingerprint density at radius 2 is 2.05 bits per heavy atom. The lowest BCUT2D eigenvalue weighted by molar-refractivity contribution is -0.134. The number of hydrogen-bond donors (Lipinski definition) is 2. The van der Waals surface area contributed by atoms with Gasteiger partial charge in [-0.25, -0.2) is 0 Å². The van der Waals surface area contributed by atoms with Crippen LogP contribution in [0.15, 0.2) is 24.3 Å². The number of piperidine rings is 1. The lowest BCUT2D eigenvalue weighted by atomic mass is 9.97. The summed E-state index contributed by atoms with van der Waals surface area (Å²) in [4.78, 5) is 37.0. The molecule has 0 radical (unpaired) electrons.